The number of nitrogens with zero attached hydrogens (tertiary/aromatic N) is 1. The van der Waals surface area contributed by atoms with E-state index >= 15 is 9.59 Å². The molecular formula is C58H37NO2. The average molecular weight is 780 g/mol. The maximum absolute atomic E-state index is 15.2. The van der Waals surface area contributed by atoms with Gasteiger partial charge in [0, 0.05) is 55.3 Å². The zero-order chi connectivity index (χ0) is 40.2. The number of hydrogen-bond donors (Lipinski definition) is 0. The van der Waals surface area contributed by atoms with Gasteiger partial charge >= 0.3 is 0 Å². The van der Waals surface area contributed by atoms with E-state index in [9.17, 15) is 0 Å². The fourth-order valence-corrected chi connectivity index (χ4v) is 14.7. The van der Waals surface area contributed by atoms with Crippen LogP contribution in [0.1, 0.15) is 126 Å². The maximum atomic E-state index is 15.2. The number of ketones is 2. The molecule has 16 rings (SSSR count). The quantitative estimate of drug-likeness (QED) is 0.154. The predicted octanol–water partition coefficient (Wildman–Crippen LogP) is 12.7. The van der Waals surface area contributed by atoms with Crippen LogP contribution in [0, 0.1) is 0 Å². The highest BCUT2D eigenvalue weighted by atomic mass is 16.1. The Morgan fingerprint density at radius 2 is 0.902 bits per heavy atom. The summed E-state index contributed by atoms with van der Waals surface area (Å²) in [6, 6.07) is 53.7. The Balaban J connectivity index is 1.04. The molecule has 2 aromatic heterocycles. The maximum Gasteiger partial charge on any atom is 0.171 e. The summed E-state index contributed by atoms with van der Waals surface area (Å²) in [6.45, 7) is 6.86. The molecule has 6 atom stereocenters. The van der Waals surface area contributed by atoms with Crippen molar-refractivity contribution < 1.29 is 9.59 Å². The molecule has 6 aliphatic rings. The lowest BCUT2D eigenvalue weighted by molar-refractivity contribution is 0.0839. The number of aromatic nitrogens is 1. The number of benzene rings is 8. The number of fused-ring (bicyclic) bond motifs is 20. The molecule has 0 bridgehead atoms. The standard InChI is InChI=1S/C58H37NO2/c1-56(2,3)29-20-21-30-28(22-29)23-38-35-24-36-39(54(60)51-33-14-6-10-18-44(33)57(51)42-16-8-4-12-31(42)49(36)57)26-46(35)59-47-27-40-37(25-41(47)48(30)53(38)59)50-32-13-5-9-17-43(32)58(50)45-19-11-7-15-34(45)52(58)55(40)61/h4-27,49-52H,1-3H3. The van der Waals surface area contributed by atoms with Crippen LogP contribution in [0.4, 0.5) is 0 Å². The monoisotopic (exact) mass is 779 g/mol. The van der Waals surface area contributed by atoms with Gasteiger partial charge in [0.2, 0.25) is 0 Å². The third-order valence-electron chi connectivity index (χ3n) is 16.9. The van der Waals surface area contributed by atoms with Crippen LogP contribution in [0.15, 0.2) is 146 Å². The normalized spacial score (nSPS) is 25.5. The highest BCUT2D eigenvalue weighted by molar-refractivity contribution is 6.32. The molecule has 0 saturated carbocycles. The van der Waals surface area contributed by atoms with Gasteiger partial charge in [-0.1, -0.05) is 136 Å². The van der Waals surface area contributed by atoms with Crippen molar-refractivity contribution in [2.45, 2.75) is 60.7 Å². The summed E-state index contributed by atoms with van der Waals surface area (Å²) >= 11 is 0. The van der Waals surface area contributed by atoms with Crippen molar-refractivity contribution in [1.29, 1.82) is 0 Å². The molecule has 8 aromatic carbocycles. The van der Waals surface area contributed by atoms with E-state index in [1.807, 2.05) is 0 Å². The lowest BCUT2D eigenvalue weighted by Gasteiger charge is -2.64. The van der Waals surface area contributed by atoms with E-state index in [0.717, 1.165) is 33.3 Å². The van der Waals surface area contributed by atoms with Crippen molar-refractivity contribution in [2.75, 3.05) is 0 Å². The van der Waals surface area contributed by atoms with E-state index in [2.05, 4.69) is 171 Å². The summed E-state index contributed by atoms with van der Waals surface area (Å²) in [4.78, 5) is 30.4. The minimum absolute atomic E-state index is 0.0165. The van der Waals surface area contributed by atoms with Gasteiger partial charge in [-0.05, 0) is 108 Å². The minimum atomic E-state index is -0.323. The molecule has 0 amide bonds. The van der Waals surface area contributed by atoms with Gasteiger partial charge in [0.25, 0.3) is 0 Å². The van der Waals surface area contributed by atoms with E-state index in [1.165, 1.54) is 87.9 Å². The van der Waals surface area contributed by atoms with Gasteiger partial charge in [-0.3, -0.25) is 9.59 Å². The molecule has 61 heavy (non-hydrogen) atoms. The number of carbonyl (C=O) groups excluding carboxylic acids is 2. The fourth-order valence-electron chi connectivity index (χ4n) is 14.7. The molecule has 2 spiro atoms. The Morgan fingerprint density at radius 3 is 1.41 bits per heavy atom. The van der Waals surface area contributed by atoms with E-state index in [0.29, 0.717) is 0 Å². The second kappa shape index (κ2) is 9.69. The second-order valence-electron chi connectivity index (χ2n) is 20.1. The molecule has 2 heterocycles. The lowest BCUT2D eigenvalue weighted by atomic mass is 9.36. The molecule has 3 nitrogen and oxygen atoms in total. The van der Waals surface area contributed by atoms with E-state index in [-0.39, 0.29) is 51.5 Å². The van der Waals surface area contributed by atoms with Crippen LogP contribution in [0.25, 0.3) is 48.9 Å². The fraction of sp³-hybridized carbons (Fsp3) is 0.172. The van der Waals surface area contributed by atoms with Gasteiger partial charge in [-0.2, -0.15) is 0 Å². The Labute approximate surface area is 351 Å². The highest BCUT2D eigenvalue weighted by Crippen LogP contribution is 2.75. The van der Waals surface area contributed by atoms with Crippen LogP contribution in [0.2, 0.25) is 0 Å². The summed E-state index contributed by atoms with van der Waals surface area (Å²) in [6.07, 6.45) is 0. The molecular weight excluding hydrogens is 743 g/mol. The topological polar surface area (TPSA) is 38.5 Å². The van der Waals surface area contributed by atoms with Crippen molar-refractivity contribution in [1.82, 2.24) is 4.40 Å². The molecule has 0 aliphatic heterocycles. The smallest absolute Gasteiger partial charge is 0.171 e. The van der Waals surface area contributed by atoms with Gasteiger partial charge < -0.3 is 4.40 Å². The molecule has 0 saturated heterocycles. The summed E-state index contributed by atoms with van der Waals surface area (Å²) in [5, 5.41) is 7.23. The third-order valence-corrected chi connectivity index (χ3v) is 16.9. The largest absolute Gasteiger partial charge is 0.308 e. The van der Waals surface area contributed by atoms with Crippen LogP contribution < -0.4 is 0 Å². The first kappa shape index (κ1) is 32.0. The van der Waals surface area contributed by atoms with Crippen LogP contribution >= 0.6 is 0 Å². The number of rotatable bonds is 0. The SMILES string of the molecule is CC(C)(C)c1ccc2c(c1)cc1c3cc4c(cc3n3c5cc6c(cc5c2c13)C1c2ccccc2C12c1ccccc1C2C6=O)C(=O)C1c2ccccc2C12c1ccccc1C42. The molecule has 10 aromatic rings. The zero-order valence-electron chi connectivity index (χ0n) is 33.9. The van der Waals surface area contributed by atoms with Gasteiger partial charge in [-0.25, -0.2) is 0 Å². The first-order valence-electron chi connectivity index (χ1n) is 22.0. The van der Waals surface area contributed by atoms with Crippen molar-refractivity contribution in [2.24, 2.45) is 0 Å². The van der Waals surface area contributed by atoms with E-state index in [1.54, 1.807) is 0 Å². The first-order valence-corrected chi connectivity index (χ1v) is 22.0. The summed E-state index contributed by atoms with van der Waals surface area (Å²) in [5.74, 6) is 0.276. The van der Waals surface area contributed by atoms with Gasteiger partial charge in [0.1, 0.15) is 0 Å². The summed E-state index contributed by atoms with van der Waals surface area (Å²) < 4.78 is 2.42. The van der Waals surface area contributed by atoms with Crippen molar-refractivity contribution in [3.63, 3.8) is 0 Å². The summed E-state index contributed by atoms with van der Waals surface area (Å²) in [5.41, 5.74) is 18.2. The number of hydrogen-bond acceptors (Lipinski definition) is 2. The first-order chi connectivity index (χ1) is 29.7. The van der Waals surface area contributed by atoms with Crippen LogP contribution in [-0.2, 0) is 16.2 Å². The minimum Gasteiger partial charge on any atom is -0.308 e. The molecule has 0 fully saturated rings. The van der Waals surface area contributed by atoms with Crippen molar-refractivity contribution in [3.05, 3.63) is 218 Å². The van der Waals surface area contributed by atoms with Gasteiger partial charge in [0.15, 0.2) is 11.6 Å². The van der Waals surface area contributed by atoms with Gasteiger partial charge in [0.05, 0.1) is 28.4 Å². The Kier molecular flexibility index (Phi) is 5.08. The van der Waals surface area contributed by atoms with Crippen LogP contribution in [-0.4, -0.2) is 16.0 Å². The van der Waals surface area contributed by atoms with E-state index in [4.69, 9.17) is 0 Å². The Morgan fingerprint density at radius 1 is 0.443 bits per heavy atom. The zero-order valence-corrected chi connectivity index (χ0v) is 33.9. The predicted molar refractivity (Wildman–Crippen MR) is 242 cm³/mol. The summed E-state index contributed by atoms with van der Waals surface area (Å²) in [7, 11) is 0. The molecule has 3 heteroatoms. The third kappa shape index (κ3) is 3.09. The molecule has 6 unspecified atom stereocenters. The van der Waals surface area contributed by atoms with Crippen LogP contribution in [0.3, 0.4) is 0 Å². The van der Waals surface area contributed by atoms with Crippen LogP contribution in [0.5, 0.6) is 0 Å². The van der Waals surface area contributed by atoms with E-state index < -0.39 is 0 Å². The Bertz CT molecular complexity index is 3840. The molecule has 0 radical (unpaired) electrons. The number of Topliss-reactive ketones (excluding diaryl/α,β-unsaturated/α-hetero) is 2. The Hall–Kier alpha value is -6.84. The highest BCUT2D eigenvalue weighted by Gasteiger charge is 2.70. The molecule has 286 valence electrons. The lowest BCUT2D eigenvalue weighted by Crippen LogP contribution is -2.61. The average Bonchev–Trinajstić information content (AvgIpc) is 3.74. The van der Waals surface area contributed by atoms with Crippen molar-refractivity contribution >= 4 is 60.4 Å². The molecule has 0 N–H and O–H groups in total. The van der Waals surface area contributed by atoms with Gasteiger partial charge in [-0.15, -0.1) is 0 Å². The molecule has 6 aliphatic carbocycles. The second-order valence-corrected chi connectivity index (χ2v) is 20.1. The number of carbonyl (C=O) groups is 2. The van der Waals surface area contributed by atoms with Crippen molar-refractivity contribution in [3.8, 4) is 0 Å².